The van der Waals surface area contributed by atoms with Gasteiger partial charge in [0.25, 0.3) is 0 Å². The Morgan fingerprint density at radius 3 is 0.875 bits per heavy atom. The van der Waals surface area contributed by atoms with Gasteiger partial charge in [-0.15, -0.1) is 0 Å². The van der Waals surface area contributed by atoms with Crippen molar-refractivity contribution < 1.29 is 30.1 Å². The van der Waals surface area contributed by atoms with Crippen molar-refractivity contribution in [3.05, 3.63) is 0 Å². The fourth-order valence-electron chi connectivity index (χ4n) is 4.67. The second-order valence-electron chi connectivity index (χ2n) is 9.97. The third-order valence-corrected chi connectivity index (χ3v) is 7.30. The summed E-state index contributed by atoms with van der Waals surface area (Å²) in [5.41, 5.74) is 0. The van der Waals surface area contributed by atoms with Gasteiger partial charge in [0.2, 0.25) is 11.6 Å². The van der Waals surface area contributed by atoms with E-state index in [9.17, 15) is 10.5 Å². The van der Waals surface area contributed by atoms with Gasteiger partial charge >= 0.3 is 0 Å². The minimum Gasteiger partial charge on any atom is -0.249 e. The molecule has 0 saturated carbocycles. The molecule has 0 bridgehead atoms. The van der Waals surface area contributed by atoms with E-state index >= 15 is 0 Å². The zero-order valence-electron chi connectivity index (χ0n) is 22.3. The Morgan fingerprint density at radius 2 is 0.719 bits per heavy atom. The van der Waals surface area contributed by atoms with E-state index in [1.54, 1.807) is 0 Å². The number of hydrogen-bond acceptors (Lipinski definition) is 6. The molecule has 0 spiro atoms. The van der Waals surface area contributed by atoms with Crippen molar-refractivity contribution in [2.24, 2.45) is 23.7 Å². The van der Waals surface area contributed by atoms with Crippen molar-refractivity contribution >= 4 is 0 Å². The first-order valence-corrected chi connectivity index (χ1v) is 13.3. The normalized spacial score (nSPS) is 19.7. The van der Waals surface area contributed by atoms with Crippen molar-refractivity contribution in [3.8, 4) is 0 Å². The molecule has 6 heteroatoms. The van der Waals surface area contributed by atoms with E-state index < -0.39 is 11.6 Å². The summed E-state index contributed by atoms with van der Waals surface area (Å²) in [6.45, 7) is 16.7. The molecule has 32 heavy (non-hydrogen) atoms. The number of hydrogen-bond donors (Lipinski definition) is 2. The van der Waals surface area contributed by atoms with Gasteiger partial charge in [-0.2, -0.15) is 9.78 Å². The van der Waals surface area contributed by atoms with Crippen LogP contribution in [0.4, 0.5) is 0 Å². The molecule has 0 rings (SSSR count). The zero-order valence-corrected chi connectivity index (χ0v) is 22.3. The van der Waals surface area contributed by atoms with E-state index in [1.807, 2.05) is 27.7 Å². The lowest BCUT2D eigenvalue weighted by Crippen LogP contribution is -2.54. The van der Waals surface area contributed by atoms with E-state index in [0.717, 1.165) is 77.0 Å². The van der Waals surface area contributed by atoms with Crippen molar-refractivity contribution in [2.75, 3.05) is 0 Å². The molecule has 194 valence electrons. The van der Waals surface area contributed by atoms with Gasteiger partial charge in [-0.25, -0.2) is 20.3 Å². The first-order chi connectivity index (χ1) is 15.3. The van der Waals surface area contributed by atoms with E-state index in [4.69, 9.17) is 19.6 Å². The summed E-state index contributed by atoms with van der Waals surface area (Å²) in [5.74, 6) is -3.08. The lowest BCUT2D eigenvalue weighted by atomic mass is 9.82. The molecule has 2 N–H and O–H groups in total. The Balaban J connectivity index is 5.98. The standard InChI is InChI=1S/C26H54O6/c1-9-13-17-21(5)25(29-27,22(6)18-14-10-2)31-32-26(30-28,23(7)19-15-11-3)24(8)20-16-12-4/h21-24,27-28H,9-20H2,1-8H3. The maximum atomic E-state index is 10.1. The molecular weight excluding hydrogens is 408 g/mol. The lowest BCUT2D eigenvalue weighted by molar-refractivity contribution is -0.599. The van der Waals surface area contributed by atoms with E-state index in [1.165, 1.54) is 0 Å². The van der Waals surface area contributed by atoms with Gasteiger partial charge in [0.1, 0.15) is 0 Å². The molecule has 0 aliphatic carbocycles. The summed E-state index contributed by atoms with van der Waals surface area (Å²) in [6.07, 6.45) is 11.5. The smallest absolute Gasteiger partial charge is 0.238 e. The average Bonchev–Trinajstić information content (AvgIpc) is 2.81. The van der Waals surface area contributed by atoms with Crippen molar-refractivity contribution in [1.82, 2.24) is 0 Å². The highest BCUT2D eigenvalue weighted by molar-refractivity contribution is 4.84. The number of rotatable bonds is 21. The van der Waals surface area contributed by atoms with Crippen LogP contribution in [-0.4, -0.2) is 22.1 Å². The van der Waals surface area contributed by atoms with E-state index in [0.29, 0.717) is 0 Å². The van der Waals surface area contributed by atoms with Crippen LogP contribution in [-0.2, 0) is 19.6 Å². The third kappa shape index (κ3) is 8.84. The summed E-state index contributed by atoms with van der Waals surface area (Å²) in [7, 11) is 0. The second kappa shape index (κ2) is 17.2. The minimum absolute atomic E-state index is 0.104. The Labute approximate surface area is 198 Å². The highest BCUT2D eigenvalue weighted by Crippen LogP contribution is 2.43. The maximum Gasteiger partial charge on any atom is 0.238 e. The van der Waals surface area contributed by atoms with Crippen LogP contribution in [0.5, 0.6) is 0 Å². The first kappa shape index (κ1) is 31.8. The Kier molecular flexibility index (Phi) is 17.1. The van der Waals surface area contributed by atoms with Crippen LogP contribution in [0, 0.1) is 23.7 Å². The van der Waals surface area contributed by atoms with Gasteiger partial charge in [-0.3, -0.25) is 0 Å². The van der Waals surface area contributed by atoms with Crippen molar-refractivity contribution in [1.29, 1.82) is 0 Å². The van der Waals surface area contributed by atoms with Gasteiger partial charge in [-0.1, -0.05) is 107 Å². The molecule has 0 heterocycles. The van der Waals surface area contributed by atoms with Crippen LogP contribution in [0.15, 0.2) is 0 Å². The summed E-state index contributed by atoms with van der Waals surface area (Å²) in [5, 5.41) is 20.3. The molecule has 0 aliphatic rings. The van der Waals surface area contributed by atoms with Crippen molar-refractivity contribution in [3.63, 3.8) is 0 Å². The molecular formula is C26H54O6. The van der Waals surface area contributed by atoms with Crippen LogP contribution in [0.2, 0.25) is 0 Å². The summed E-state index contributed by atoms with van der Waals surface area (Å²) in [4.78, 5) is 22.5. The van der Waals surface area contributed by atoms with Gasteiger partial charge < -0.3 is 0 Å². The minimum atomic E-state index is -1.33. The fraction of sp³-hybridized carbons (Fsp3) is 1.00. The molecule has 0 aliphatic heterocycles. The molecule has 0 aromatic heterocycles. The molecule has 0 aromatic rings. The molecule has 6 nitrogen and oxygen atoms in total. The largest absolute Gasteiger partial charge is 0.249 e. The van der Waals surface area contributed by atoms with Crippen LogP contribution in [0.25, 0.3) is 0 Å². The summed E-state index contributed by atoms with van der Waals surface area (Å²) >= 11 is 0. The van der Waals surface area contributed by atoms with Gasteiger partial charge in [0.15, 0.2) is 0 Å². The Morgan fingerprint density at radius 1 is 0.500 bits per heavy atom. The maximum absolute atomic E-state index is 10.1. The second-order valence-corrected chi connectivity index (χ2v) is 9.97. The molecule has 0 amide bonds. The molecule has 0 saturated heterocycles. The van der Waals surface area contributed by atoms with Gasteiger partial charge in [0.05, 0.1) is 0 Å². The predicted octanol–water partition coefficient (Wildman–Crippen LogP) is 8.61. The average molecular weight is 463 g/mol. The molecule has 0 fully saturated rings. The Bertz CT molecular complexity index is 376. The quantitative estimate of drug-likeness (QED) is 0.101. The monoisotopic (exact) mass is 462 g/mol. The summed E-state index contributed by atoms with van der Waals surface area (Å²) in [6, 6.07) is 0. The lowest BCUT2D eigenvalue weighted by Gasteiger charge is -2.44. The molecule has 0 aromatic carbocycles. The first-order valence-electron chi connectivity index (χ1n) is 13.3. The summed E-state index contributed by atoms with van der Waals surface area (Å²) < 4.78 is 0. The van der Waals surface area contributed by atoms with Crippen LogP contribution in [0.1, 0.15) is 132 Å². The zero-order chi connectivity index (χ0) is 24.6. The van der Waals surface area contributed by atoms with Crippen molar-refractivity contribution in [2.45, 2.75) is 144 Å². The molecule has 4 atom stereocenters. The van der Waals surface area contributed by atoms with Gasteiger partial charge in [0, 0.05) is 23.7 Å². The highest BCUT2D eigenvalue weighted by Gasteiger charge is 2.52. The third-order valence-electron chi connectivity index (χ3n) is 7.30. The van der Waals surface area contributed by atoms with Crippen LogP contribution < -0.4 is 0 Å². The van der Waals surface area contributed by atoms with E-state index in [2.05, 4.69) is 27.7 Å². The predicted molar refractivity (Wildman–Crippen MR) is 130 cm³/mol. The SMILES string of the molecule is CCCCC(C)C(OO)(OOC(OO)(C(C)CCCC)C(C)CCCC)C(C)CCCC. The Hall–Kier alpha value is -0.240. The topological polar surface area (TPSA) is 77.4 Å². The number of unbranched alkanes of at least 4 members (excludes halogenated alkanes) is 4. The van der Waals surface area contributed by atoms with Crippen LogP contribution >= 0.6 is 0 Å². The highest BCUT2D eigenvalue weighted by atomic mass is 17.3. The molecule has 4 unspecified atom stereocenters. The molecule has 0 radical (unpaired) electrons. The van der Waals surface area contributed by atoms with E-state index in [-0.39, 0.29) is 23.7 Å². The van der Waals surface area contributed by atoms with Crippen LogP contribution in [0.3, 0.4) is 0 Å². The fourth-order valence-corrected chi connectivity index (χ4v) is 4.67. The van der Waals surface area contributed by atoms with Gasteiger partial charge in [-0.05, 0) is 25.7 Å².